The van der Waals surface area contributed by atoms with E-state index in [4.69, 9.17) is 5.11 Å². The van der Waals surface area contributed by atoms with Crippen LogP contribution in [-0.2, 0) is 9.59 Å². The van der Waals surface area contributed by atoms with Gasteiger partial charge in [-0.2, -0.15) is 0 Å². The van der Waals surface area contributed by atoms with Crippen LogP contribution >= 0.6 is 0 Å². The number of carbonyl (C=O) groups is 2. The van der Waals surface area contributed by atoms with Gasteiger partial charge >= 0.3 is 5.97 Å². The summed E-state index contributed by atoms with van der Waals surface area (Å²) in [5, 5.41) is 11.2. The molecule has 84 valence electrons. The molecule has 0 aliphatic heterocycles. The van der Waals surface area contributed by atoms with Crippen LogP contribution in [0.3, 0.4) is 0 Å². The number of rotatable bonds is 6. The number of carboxylic acids is 1. The first-order valence-electron chi connectivity index (χ1n) is 5.25. The number of allylic oxidation sites excluding steroid dienone is 1. The summed E-state index contributed by atoms with van der Waals surface area (Å²) in [6, 6.07) is 0. The molecule has 15 heavy (non-hydrogen) atoms. The van der Waals surface area contributed by atoms with Crippen molar-refractivity contribution in [2.24, 2.45) is 11.8 Å². The van der Waals surface area contributed by atoms with Crippen LogP contribution in [0.4, 0.5) is 0 Å². The third-order valence-corrected chi connectivity index (χ3v) is 2.29. The van der Waals surface area contributed by atoms with E-state index in [1.165, 1.54) is 12.8 Å². The summed E-state index contributed by atoms with van der Waals surface area (Å²) in [5.41, 5.74) is 0. The highest BCUT2D eigenvalue weighted by Crippen LogP contribution is 2.29. The summed E-state index contributed by atoms with van der Waals surface area (Å²) >= 11 is 0. The first kappa shape index (κ1) is 11.8. The molecule has 0 aromatic heterocycles. The Morgan fingerprint density at radius 1 is 1.53 bits per heavy atom. The highest BCUT2D eigenvalue weighted by molar-refractivity contribution is 5.87. The first-order valence-corrected chi connectivity index (χ1v) is 5.25. The predicted octanol–water partition coefficient (Wildman–Crippen LogP) is 1.18. The maximum Gasteiger partial charge on any atom is 0.303 e. The Morgan fingerprint density at radius 2 is 2.20 bits per heavy atom. The highest BCUT2D eigenvalue weighted by Gasteiger charge is 2.17. The molecule has 0 spiro atoms. The standard InChI is InChI=1S/C11H17NO3/c1-8(6-11(14)15)7-12-10(13)5-4-9-2-3-9/h4-5,8-9H,2-3,6-7H2,1H3,(H,12,13)(H,14,15)/b5-4+. The smallest absolute Gasteiger partial charge is 0.303 e. The molecule has 1 rings (SSSR count). The van der Waals surface area contributed by atoms with Gasteiger partial charge in [0, 0.05) is 13.0 Å². The van der Waals surface area contributed by atoms with Crippen LogP contribution in [0.25, 0.3) is 0 Å². The van der Waals surface area contributed by atoms with Gasteiger partial charge in [0.1, 0.15) is 0 Å². The van der Waals surface area contributed by atoms with Gasteiger partial charge in [-0.05, 0) is 30.8 Å². The number of amides is 1. The number of hydrogen-bond donors (Lipinski definition) is 2. The number of nitrogens with one attached hydrogen (secondary N) is 1. The van der Waals surface area contributed by atoms with Gasteiger partial charge in [0.25, 0.3) is 0 Å². The van der Waals surface area contributed by atoms with Crippen LogP contribution < -0.4 is 5.32 Å². The zero-order valence-electron chi connectivity index (χ0n) is 8.90. The second kappa shape index (κ2) is 5.53. The molecular formula is C11H17NO3. The Hall–Kier alpha value is -1.32. The fourth-order valence-electron chi connectivity index (χ4n) is 1.22. The third-order valence-electron chi connectivity index (χ3n) is 2.29. The van der Waals surface area contributed by atoms with Crippen molar-refractivity contribution in [3.8, 4) is 0 Å². The molecule has 4 nitrogen and oxygen atoms in total. The minimum Gasteiger partial charge on any atom is -0.481 e. The van der Waals surface area contributed by atoms with E-state index in [1.807, 2.05) is 6.08 Å². The molecule has 2 N–H and O–H groups in total. The van der Waals surface area contributed by atoms with Crippen LogP contribution in [0.1, 0.15) is 26.2 Å². The van der Waals surface area contributed by atoms with Crippen molar-refractivity contribution in [3.05, 3.63) is 12.2 Å². The maximum atomic E-state index is 11.2. The number of aliphatic carboxylic acids is 1. The quantitative estimate of drug-likeness (QED) is 0.648. The van der Waals surface area contributed by atoms with Crippen LogP contribution in [0.15, 0.2) is 12.2 Å². The summed E-state index contributed by atoms with van der Waals surface area (Å²) in [4.78, 5) is 21.6. The lowest BCUT2D eigenvalue weighted by Crippen LogP contribution is -2.27. The molecule has 1 atom stereocenters. The van der Waals surface area contributed by atoms with E-state index >= 15 is 0 Å². The third kappa shape index (κ3) is 5.88. The predicted molar refractivity (Wildman–Crippen MR) is 56.3 cm³/mol. The van der Waals surface area contributed by atoms with Gasteiger partial charge in [-0.25, -0.2) is 0 Å². The second-order valence-electron chi connectivity index (χ2n) is 4.14. The topological polar surface area (TPSA) is 66.4 Å². The minimum atomic E-state index is -0.828. The van der Waals surface area contributed by atoms with Gasteiger partial charge < -0.3 is 10.4 Å². The summed E-state index contributed by atoms with van der Waals surface area (Å²) in [7, 11) is 0. The molecule has 1 amide bonds. The van der Waals surface area contributed by atoms with E-state index in [9.17, 15) is 9.59 Å². The van der Waals surface area contributed by atoms with Crippen molar-refractivity contribution in [3.63, 3.8) is 0 Å². The van der Waals surface area contributed by atoms with Crippen LogP contribution in [0.2, 0.25) is 0 Å². The zero-order valence-corrected chi connectivity index (χ0v) is 8.90. The molecule has 1 unspecified atom stereocenters. The Bertz CT molecular complexity index is 269. The van der Waals surface area contributed by atoms with Gasteiger partial charge in [-0.1, -0.05) is 13.0 Å². The van der Waals surface area contributed by atoms with Gasteiger partial charge in [0.15, 0.2) is 0 Å². The van der Waals surface area contributed by atoms with Crippen molar-refractivity contribution < 1.29 is 14.7 Å². The van der Waals surface area contributed by atoms with Crippen molar-refractivity contribution in [1.82, 2.24) is 5.32 Å². The molecule has 1 aliphatic carbocycles. The molecule has 0 bridgehead atoms. The molecule has 4 heteroatoms. The number of carbonyl (C=O) groups excluding carboxylic acids is 1. The molecule has 1 saturated carbocycles. The van der Waals surface area contributed by atoms with Crippen LogP contribution in [0.5, 0.6) is 0 Å². The van der Waals surface area contributed by atoms with Gasteiger partial charge in [-0.15, -0.1) is 0 Å². The van der Waals surface area contributed by atoms with E-state index in [0.29, 0.717) is 12.5 Å². The molecule has 1 fully saturated rings. The Labute approximate surface area is 89.4 Å². The molecule has 0 aromatic rings. The SMILES string of the molecule is CC(CNC(=O)/C=C/C1CC1)CC(=O)O. The summed E-state index contributed by atoms with van der Waals surface area (Å²) in [6.45, 7) is 2.22. The Kier molecular flexibility index (Phi) is 4.34. The molecule has 0 heterocycles. The highest BCUT2D eigenvalue weighted by atomic mass is 16.4. The minimum absolute atomic E-state index is 0.0271. The van der Waals surface area contributed by atoms with Crippen LogP contribution in [0, 0.1) is 11.8 Å². The summed E-state index contributed by atoms with van der Waals surface area (Å²) in [6.07, 6.45) is 5.91. The normalized spacial score (nSPS) is 17.7. The van der Waals surface area contributed by atoms with Gasteiger partial charge in [-0.3, -0.25) is 9.59 Å². The summed E-state index contributed by atoms with van der Waals surface area (Å²) in [5.74, 6) is -0.391. The van der Waals surface area contributed by atoms with Crippen molar-refractivity contribution in [2.45, 2.75) is 26.2 Å². The lowest BCUT2D eigenvalue weighted by Gasteiger charge is -2.08. The van der Waals surface area contributed by atoms with Crippen molar-refractivity contribution in [1.29, 1.82) is 0 Å². The lowest BCUT2D eigenvalue weighted by atomic mass is 10.1. The molecular weight excluding hydrogens is 194 g/mol. The molecule has 0 radical (unpaired) electrons. The largest absolute Gasteiger partial charge is 0.481 e. The fourth-order valence-corrected chi connectivity index (χ4v) is 1.22. The monoisotopic (exact) mass is 211 g/mol. The molecule has 0 saturated heterocycles. The number of hydrogen-bond acceptors (Lipinski definition) is 2. The van der Waals surface area contributed by atoms with Gasteiger partial charge in [0.05, 0.1) is 0 Å². The zero-order chi connectivity index (χ0) is 11.3. The van der Waals surface area contributed by atoms with Crippen molar-refractivity contribution >= 4 is 11.9 Å². The molecule has 0 aromatic carbocycles. The Morgan fingerprint density at radius 3 is 2.73 bits per heavy atom. The van der Waals surface area contributed by atoms with Crippen molar-refractivity contribution in [2.75, 3.05) is 6.54 Å². The average molecular weight is 211 g/mol. The average Bonchev–Trinajstić information content (AvgIpc) is 2.93. The number of carboxylic acid groups (broad SMARTS) is 1. The van der Waals surface area contributed by atoms with E-state index in [-0.39, 0.29) is 18.2 Å². The lowest BCUT2D eigenvalue weighted by molar-refractivity contribution is -0.138. The maximum absolute atomic E-state index is 11.2. The van der Waals surface area contributed by atoms with E-state index in [1.54, 1.807) is 13.0 Å². The van der Waals surface area contributed by atoms with E-state index < -0.39 is 5.97 Å². The van der Waals surface area contributed by atoms with Crippen LogP contribution in [-0.4, -0.2) is 23.5 Å². The second-order valence-corrected chi connectivity index (χ2v) is 4.14. The fraction of sp³-hybridized carbons (Fsp3) is 0.636. The summed E-state index contributed by atoms with van der Waals surface area (Å²) < 4.78 is 0. The van der Waals surface area contributed by atoms with E-state index in [0.717, 1.165) is 0 Å². The molecule has 1 aliphatic rings. The Balaban J connectivity index is 2.12. The van der Waals surface area contributed by atoms with E-state index in [2.05, 4.69) is 5.32 Å². The first-order chi connectivity index (χ1) is 7.08. The van der Waals surface area contributed by atoms with Gasteiger partial charge in [0.2, 0.25) is 5.91 Å².